The van der Waals surface area contributed by atoms with E-state index in [-0.39, 0.29) is 5.84 Å². The third-order valence-electron chi connectivity index (χ3n) is 2.83. The molecule has 2 N–H and O–H groups in total. The molecule has 0 bridgehead atoms. The van der Waals surface area contributed by atoms with Gasteiger partial charge in [-0.25, -0.2) is 9.69 Å². The van der Waals surface area contributed by atoms with Crippen molar-refractivity contribution in [1.82, 2.24) is 4.90 Å². The monoisotopic (exact) mass is 291 g/mol. The van der Waals surface area contributed by atoms with Gasteiger partial charge in [0.25, 0.3) is 0 Å². The lowest BCUT2D eigenvalue weighted by molar-refractivity contribution is -0.135. The maximum Gasteiger partial charge on any atom is 0.413 e. The second-order valence-electron chi connectivity index (χ2n) is 4.32. The second-order valence-corrected chi connectivity index (χ2v) is 4.32. The van der Waals surface area contributed by atoms with Crippen LogP contribution in [0.25, 0.3) is 0 Å². The van der Waals surface area contributed by atoms with Crippen LogP contribution >= 0.6 is 0 Å². The number of benzene rings is 1. The summed E-state index contributed by atoms with van der Waals surface area (Å²) in [5.41, 5.74) is 0.648. The average Bonchev–Trinajstić information content (AvgIpc) is 2.46. The van der Waals surface area contributed by atoms with Crippen molar-refractivity contribution in [3.63, 3.8) is 0 Å². The van der Waals surface area contributed by atoms with Crippen LogP contribution < -0.4 is 5.32 Å². The number of ketones is 1. The molecule has 0 aromatic heterocycles. The quantitative estimate of drug-likeness (QED) is 0.497. The number of carboxylic acid groups (broad SMARTS) is 1. The van der Waals surface area contributed by atoms with Gasteiger partial charge in [0.15, 0.2) is 5.92 Å². The summed E-state index contributed by atoms with van der Waals surface area (Å²) in [5, 5.41) is 11.7. The Hall–Kier alpha value is -2.70. The van der Waals surface area contributed by atoms with Crippen molar-refractivity contribution in [3.05, 3.63) is 30.3 Å². The molecule has 1 rings (SSSR count). The Morgan fingerprint density at radius 3 is 2.24 bits per heavy atom. The lowest BCUT2D eigenvalue weighted by atomic mass is 10.0. The van der Waals surface area contributed by atoms with E-state index in [0.717, 1.165) is 7.05 Å². The maximum absolute atomic E-state index is 12.1. The van der Waals surface area contributed by atoms with Crippen molar-refractivity contribution in [1.29, 1.82) is 0 Å². The molecule has 0 heterocycles. The fraction of sp³-hybridized carbons (Fsp3) is 0.286. The summed E-state index contributed by atoms with van der Waals surface area (Å²) in [6.07, 6.45) is -1.43. The van der Waals surface area contributed by atoms with E-state index >= 15 is 0 Å². The number of imide groups is 1. The van der Waals surface area contributed by atoms with Crippen LogP contribution in [-0.4, -0.2) is 47.7 Å². The molecule has 0 saturated heterocycles. The number of para-hydroxylation sites is 1. The van der Waals surface area contributed by atoms with Gasteiger partial charge in [0, 0.05) is 19.8 Å². The molecule has 0 aliphatic rings. The largest absolute Gasteiger partial charge is 0.465 e. The van der Waals surface area contributed by atoms with E-state index in [4.69, 9.17) is 5.11 Å². The highest BCUT2D eigenvalue weighted by atomic mass is 16.4. The van der Waals surface area contributed by atoms with E-state index in [0.29, 0.717) is 10.6 Å². The first-order valence-corrected chi connectivity index (χ1v) is 6.18. The number of carbonyl (C=O) groups is 3. The Kier molecular flexibility index (Phi) is 5.59. The Balaban J connectivity index is 3.05. The summed E-state index contributed by atoms with van der Waals surface area (Å²) in [5.74, 6) is -2.51. The molecule has 0 spiro atoms. The summed E-state index contributed by atoms with van der Waals surface area (Å²) in [6.45, 7) is 1.22. The fourth-order valence-electron chi connectivity index (χ4n) is 1.70. The van der Waals surface area contributed by atoms with Gasteiger partial charge in [0.2, 0.25) is 5.91 Å². The lowest BCUT2D eigenvalue weighted by Crippen LogP contribution is -2.45. The summed E-state index contributed by atoms with van der Waals surface area (Å²) < 4.78 is 0. The number of amidine groups is 1. The first-order chi connectivity index (χ1) is 9.88. The predicted molar refractivity (Wildman–Crippen MR) is 78.4 cm³/mol. The van der Waals surface area contributed by atoms with Crippen molar-refractivity contribution >= 4 is 29.3 Å². The van der Waals surface area contributed by atoms with Gasteiger partial charge in [-0.2, -0.15) is 0 Å². The molecule has 1 aromatic carbocycles. The zero-order valence-corrected chi connectivity index (χ0v) is 12.0. The maximum atomic E-state index is 12.1. The van der Waals surface area contributed by atoms with E-state index in [1.54, 1.807) is 24.3 Å². The highest BCUT2D eigenvalue weighted by Gasteiger charge is 2.33. The number of aliphatic imine (C=N–C) groups is 1. The van der Waals surface area contributed by atoms with Crippen LogP contribution in [0, 0.1) is 5.92 Å². The van der Waals surface area contributed by atoms with Crippen molar-refractivity contribution in [2.45, 2.75) is 6.92 Å². The number of hydrogen-bond donors (Lipinski definition) is 2. The third-order valence-corrected chi connectivity index (χ3v) is 2.83. The Labute approximate surface area is 122 Å². The zero-order valence-electron chi connectivity index (χ0n) is 12.0. The Morgan fingerprint density at radius 2 is 1.81 bits per heavy atom. The molecule has 0 radical (unpaired) electrons. The molecule has 7 nitrogen and oxygen atoms in total. The van der Waals surface area contributed by atoms with Gasteiger partial charge >= 0.3 is 6.09 Å². The van der Waals surface area contributed by atoms with Crippen LogP contribution in [0.4, 0.5) is 10.5 Å². The normalized spacial score (nSPS) is 12.4. The van der Waals surface area contributed by atoms with Crippen LogP contribution in [0.2, 0.25) is 0 Å². The summed E-state index contributed by atoms with van der Waals surface area (Å²) in [6, 6.07) is 8.87. The number of rotatable bonds is 4. The number of nitrogens with zero attached hydrogens (tertiary/aromatic N) is 2. The lowest BCUT2D eigenvalue weighted by Gasteiger charge is -2.20. The number of nitrogens with one attached hydrogen (secondary N) is 1. The number of hydrogen-bond acceptors (Lipinski definition) is 4. The number of amides is 2. The molecule has 0 fully saturated rings. The van der Waals surface area contributed by atoms with Gasteiger partial charge in [0.05, 0.1) is 0 Å². The molecule has 1 aromatic rings. The van der Waals surface area contributed by atoms with Gasteiger partial charge in [-0.05, 0) is 19.1 Å². The van der Waals surface area contributed by atoms with E-state index in [1.165, 1.54) is 14.0 Å². The van der Waals surface area contributed by atoms with Crippen molar-refractivity contribution in [2.24, 2.45) is 10.9 Å². The Bertz CT molecular complexity index is 569. The van der Waals surface area contributed by atoms with Crippen LogP contribution in [-0.2, 0) is 9.59 Å². The van der Waals surface area contributed by atoms with Gasteiger partial charge < -0.3 is 10.4 Å². The van der Waals surface area contributed by atoms with Gasteiger partial charge in [-0.3, -0.25) is 14.6 Å². The zero-order chi connectivity index (χ0) is 16.0. The standard InChI is InChI=1S/C14H17N3O4/c1-9(18)11(13(19)17(3)14(20)21)12(15-2)16-10-7-5-4-6-8-10/h4-8,11H,1-3H3,(H,15,16)(H,20,21). The molecule has 2 amide bonds. The van der Waals surface area contributed by atoms with E-state index < -0.39 is 23.7 Å². The molecular weight excluding hydrogens is 274 g/mol. The van der Waals surface area contributed by atoms with E-state index in [1.807, 2.05) is 6.07 Å². The number of Topliss-reactive ketones (excluding diaryl/α,β-unsaturated/α-hetero) is 1. The molecule has 0 saturated carbocycles. The highest BCUT2D eigenvalue weighted by molar-refractivity contribution is 6.24. The molecule has 21 heavy (non-hydrogen) atoms. The van der Waals surface area contributed by atoms with Gasteiger partial charge in [-0.1, -0.05) is 18.2 Å². The highest BCUT2D eigenvalue weighted by Crippen LogP contribution is 2.12. The summed E-state index contributed by atoms with van der Waals surface area (Å²) in [7, 11) is 2.52. The topological polar surface area (TPSA) is 99.1 Å². The van der Waals surface area contributed by atoms with E-state index in [9.17, 15) is 14.4 Å². The fourth-order valence-corrected chi connectivity index (χ4v) is 1.70. The van der Waals surface area contributed by atoms with E-state index in [2.05, 4.69) is 10.3 Å². The Morgan fingerprint density at radius 1 is 1.24 bits per heavy atom. The van der Waals surface area contributed by atoms with Gasteiger partial charge in [-0.15, -0.1) is 0 Å². The molecule has 1 unspecified atom stereocenters. The first kappa shape index (κ1) is 16.4. The molecule has 0 aliphatic carbocycles. The summed E-state index contributed by atoms with van der Waals surface area (Å²) >= 11 is 0. The molecule has 7 heteroatoms. The minimum absolute atomic E-state index is 0.104. The van der Waals surface area contributed by atoms with Crippen LogP contribution in [0.1, 0.15) is 6.92 Å². The molecule has 112 valence electrons. The smallest absolute Gasteiger partial charge is 0.413 e. The number of anilines is 1. The van der Waals surface area contributed by atoms with Gasteiger partial charge in [0.1, 0.15) is 11.6 Å². The number of carbonyl (C=O) groups excluding carboxylic acids is 2. The minimum atomic E-state index is -1.43. The van der Waals surface area contributed by atoms with Crippen LogP contribution in [0.15, 0.2) is 35.3 Å². The van der Waals surface area contributed by atoms with Crippen LogP contribution in [0.5, 0.6) is 0 Å². The minimum Gasteiger partial charge on any atom is -0.465 e. The van der Waals surface area contributed by atoms with Crippen LogP contribution in [0.3, 0.4) is 0 Å². The first-order valence-electron chi connectivity index (χ1n) is 6.18. The molecule has 0 aliphatic heterocycles. The summed E-state index contributed by atoms with van der Waals surface area (Å²) in [4.78, 5) is 39.1. The van der Waals surface area contributed by atoms with Crippen molar-refractivity contribution < 1.29 is 19.5 Å². The third kappa shape index (κ3) is 4.13. The molecule has 1 atom stereocenters. The van der Waals surface area contributed by atoms with Crippen molar-refractivity contribution in [3.8, 4) is 0 Å². The SMILES string of the molecule is CN=C(Nc1ccccc1)C(C(C)=O)C(=O)N(C)C(=O)O. The molecular formula is C14H17N3O4. The van der Waals surface area contributed by atoms with Crippen molar-refractivity contribution in [2.75, 3.05) is 19.4 Å². The average molecular weight is 291 g/mol. The predicted octanol–water partition coefficient (Wildman–Crippen LogP) is 1.47. The second kappa shape index (κ2) is 7.18.